The monoisotopic (exact) mass is 1080 g/mol. The number of piperidine rings is 2. The predicted octanol–water partition coefficient (Wildman–Crippen LogP) is 7.34. The number of aliphatic hydroxyl groups is 1. The molecule has 4 fully saturated rings. The summed E-state index contributed by atoms with van der Waals surface area (Å²) in [4.78, 5) is 49.2. The van der Waals surface area contributed by atoms with Crippen molar-refractivity contribution in [1.29, 1.82) is 0 Å². The molecule has 5 N–H and O–H groups in total. The lowest BCUT2D eigenvalue weighted by atomic mass is 10.0. The van der Waals surface area contributed by atoms with Crippen molar-refractivity contribution in [3.05, 3.63) is 76.2 Å². The molecule has 0 spiro atoms. The maximum atomic E-state index is 13.6. The Morgan fingerprint density at radius 1 is 0.653 bits per heavy atom. The van der Waals surface area contributed by atoms with Crippen molar-refractivity contribution in [3.63, 3.8) is 0 Å². The van der Waals surface area contributed by atoms with E-state index in [4.69, 9.17) is 30.9 Å². The highest BCUT2D eigenvalue weighted by Gasteiger charge is 2.37. The minimum atomic E-state index is -4.66. The number of carbonyl (C=O) groups is 2. The summed E-state index contributed by atoms with van der Waals surface area (Å²) in [6, 6.07) is 10.2. The molecule has 4 saturated heterocycles. The molecular weight excluding hydrogens is 1010 g/mol. The van der Waals surface area contributed by atoms with Gasteiger partial charge in [0.25, 0.3) is 11.8 Å². The van der Waals surface area contributed by atoms with Gasteiger partial charge in [-0.15, -0.1) is 0 Å². The molecule has 0 bridgehead atoms. The van der Waals surface area contributed by atoms with Crippen molar-refractivity contribution in [2.24, 2.45) is 0 Å². The number of likely N-dealkylation sites (tertiary alicyclic amines) is 4. The molecule has 0 radical (unpaired) electrons. The number of aliphatic hydroxyl groups excluding tert-OH is 1. The van der Waals surface area contributed by atoms with Gasteiger partial charge in [-0.25, -0.2) is 15.0 Å². The van der Waals surface area contributed by atoms with Crippen LogP contribution in [0.5, 0.6) is 17.4 Å². The summed E-state index contributed by atoms with van der Waals surface area (Å²) in [5.41, 5.74) is -0.556. The van der Waals surface area contributed by atoms with Crippen molar-refractivity contribution in [3.8, 4) is 17.4 Å². The van der Waals surface area contributed by atoms with Crippen LogP contribution >= 0.6 is 11.6 Å². The van der Waals surface area contributed by atoms with Gasteiger partial charge in [0.15, 0.2) is 0 Å². The lowest BCUT2D eigenvalue weighted by Gasteiger charge is -2.29. The van der Waals surface area contributed by atoms with E-state index in [-0.39, 0.29) is 48.4 Å². The molecule has 2 amide bonds. The van der Waals surface area contributed by atoms with Gasteiger partial charge in [0.2, 0.25) is 17.8 Å². The van der Waals surface area contributed by atoms with Crippen LogP contribution in [0, 0.1) is 0 Å². The van der Waals surface area contributed by atoms with Crippen LogP contribution in [0.2, 0.25) is 5.15 Å². The maximum Gasteiger partial charge on any atom is 0.423 e. The second kappa shape index (κ2) is 26.8. The quantitative estimate of drug-likeness (QED) is 0.0621. The minimum Gasteiger partial charge on any atom is -0.495 e. The number of nitrogens with zero attached hydrogens (tertiary/aromatic N) is 8. The van der Waals surface area contributed by atoms with Crippen LogP contribution in [0.1, 0.15) is 83.2 Å². The Morgan fingerprint density at radius 2 is 1.09 bits per heavy atom. The number of halogens is 7. The Balaban J connectivity index is 0.000000215. The zero-order chi connectivity index (χ0) is 54.5. The Labute approximate surface area is 437 Å². The lowest BCUT2D eigenvalue weighted by Crippen LogP contribution is -2.43. The SMILES string of the molecule is CN1CCC[C@H]1CO.COc1cc(C(=O)NC2CCN(C)CC2)ccc1Nc1ncc(C(F)(F)F)c(Cl)n1.COc1cc(C(=O)NC2CCN(C)CC2)ccc1Nc1ncc(C(F)(F)F)c(OC[C@@H]2CCCN2C)n1. The Bertz CT molecular complexity index is 2520. The third kappa shape index (κ3) is 16.9. The number of benzene rings is 2. The predicted molar refractivity (Wildman–Crippen MR) is 271 cm³/mol. The summed E-state index contributed by atoms with van der Waals surface area (Å²) < 4.78 is 95.3. The third-order valence-corrected chi connectivity index (χ3v) is 13.9. The number of nitrogens with one attached hydrogen (secondary N) is 4. The third-order valence-electron chi connectivity index (χ3n) is 13.6. The zero-order valence-corrected chi connectivity index (χ0v) is 43.7. The van der Waals surface area contributed by atoms with Gasteiger partial charge < -0.3 is 60.2 Å². The van der Waals surface area contributed by atoms with Gasteiger partial charge >= 0.3 is 12.4 Å². The fraction of sp³-hybridized carbons (Fsp3) is 0.560. The van der Waals surface area contributed by atoms with Gasteiger partial charge in [0.05, 0.1) is 32.2 Å². The van der Waals surface area contributed by atoms with Gasteiger partial charge in [-0.1, -0.05) is 11.6 Å². The van der Waals surface area contributed by atoms with Crippen molar-refractivity contribution in [2.75, 3.05) is 106 Å². The smallest absolute Gasteiger partial charge is 0.423 e. The number of likely N-dealkylation sites (N-methyl/N-ethyl adjacent to an activating group) is 2. The van der Waals surface area contributed by atoms with E-state index in [2.05, 4.69) is 74.9 Å². The average Bonchev–Trinajstić information content (AvgIpc) is 4.00. The van der Waals surface area contributed by atoms with Crippen molar-refractivity contribution in [1.82, 2.24) is 50.2 Å². The molecule has 6 heterocycles. The van der Waals surface area contributed by atoms with Crippen LogP contribution < -0.4 is 35.5 Å². The van der Waals surface area contributed by atoms with Crippen LogP contribution in [0.3, 0.4) is 0 Å². The number of methoxy groups -OCH3 is 2. The molecule has 18 nitrogen and oxygen atoms in total. The highest BCUT2D eigenvalue weighted by atomic mass is 35.5. The van der Waals surface area contributed by atoms with E-state index >= 15 is 0 Å². The second-order valence-electron chi connectivity index (χ2n) is 19.0. The topological polar surface area (TPSA) is 195 Å². The van der Waals surface area contributed by atoms with Gasteiger partial charge in [-0.05, 0) is 155 Å². The van der Waals surface area contributed by atoms with Crippen molar-refractivity contribution in [2.45, 2.75) is 87.9 Å². The van der Waals surface area contributed by atoms with Crippen LogP contribution in [0.25, 0.3) is 0 Å². The number of hydrogen-bond donors (Lipinski definition) is 5. The van der Waals surface area contributed by atoms with Gasteiger partial charge in [0.1, 0.15) is 34.4 Å². The molecular formula is C50H67ClF6N12O6. The number of alkyl halides is 6. The maximum absolute atomic E-state index is 13.6. The molecule has 25 heteroatoms. The van der Waals surface area contributed by atoms with E-state index in [1.807, 2.05) is 14.1 Å². The Kier molecular flexibility index (Phi) is 20.9. The molecule has 0 aliphatic carbocycles. The van der Waals surface area contributed by atoms with Crippen molar-refractivity contribution < 1.29 is 55.2 Å². The van der Waals surface area contributed by atoms with Crippen LogP contribution in [0.4, 0.5) is 49.6 Å². The van der Waals surface area contributed by atoms with E-state index in [1.54, 1.807) is 30.3 Å². The number of ether oxygens (including phenoxy) is 3. The molecule has 75 heavy (non-hydrogen) atoms. The van der Waals surface area contributed by atoms with Gasteiger partial charge in [-0.3, -0.25) is 9.59 Å². The first-order valence-electron chi connectivity index (χ1n) is 24.7. The molecule has 8 rings (SSSR count). The largest absolute Gasteiger partial charge is 0.495 e. The molecule has 4 aliphatic rings. The molecule has 0 unspecified atom stereocenters. The molecule has 0 saturated carbocycles. The molecule has 2 atom stereocenters. The highest BCUT2D eigenvalue weighted by Crippen LogP contribution is 2.37. The summed E-state index contributed by atoms with van der Waals surface area (Å²) in [7, 11) is 10.9. The first kappa shape index (κ1) is 58.5. The van der Waals surface area contributed by atoms with Gasteiger partial charge in [0, 0.05) is 47.7 Å². The minimum absolute atomic E-state index is 0.0285. The lowest BCUT2D eigenvalue weighted by molar-refractivity contribution is -0.140. The summed E-state index contributed by atoms with van der Waals surface area (Å²) in [6.45, 7) is 6.16. The fourth-order valence-electron chi connectivity index (χ4n) is 8.87. The number of aromatic nitrogens is 4. The first-order valence-corrected chi connectivity index (χ1v) is 25.1. The van der Waals surface area contributed by atoms with E-state index < -0.39 is 34.5 Å². The van der Waals surface area contributed by atoms with E-state index in [0.717, 1.165) is 77.8 Å². The normalized spacial score (nSPS) is 19.3. The molecule has 412 valence electrons. The summed E-state index contributed by atoms with van der Waals surface area (Å²) in [5, 5.41) is 19.7. The van der Waals surface area contributed by atoms with Gasteiger partial charge in [-0.2, -0.15) is 31.3 Å². The number of hydrogen-bond acceptors (Lipinski definition) is 16. The van der Waals surface area contributed by atoms with Crippen LogP contribution in [-0.2, 0) is 12.4 Å². The molecule has 2 aromatic carbocycles. The van der Waals surface area contributed by atoms with Crippen molar-refractivity contribution >= 4 is 46.7 Å². The number of carbonyl (C=O) groups excluding carboxylic acids is 2. The summed E-state index contributed by atoms with van der Waals surface area (Å²) in [5.74, 6) is -0.529. The Hall–Kier alpha value is -5.79. The van der Waals surface area contributed by atoms with E-state index in [1.165, 1.54) is 33.1 Å². The number of amides is 2. The van der Waals surface area contributed by atoms with E-state index in [0.29, 0.717) is 59.0 Å². The molecule has 4 aromatic rings. The highest BCUT2D eigenvalue weighted by molar-refractivity contribution is 6.30. The summed E-state index contributed by atoms with van der Waals surface area (Å²) in [6.07, 6.45) is -0.220. The summed E-state index contributed by atoms with van der Waals surface area (Å²) >= 11 is 5.62. The molecule has 4 aliphatic heterocycles. The first-order chi connectivity index (χ1) is 35.6. The van der Waals surface area contributed by atoms with Crippen LogP contribution in [0.15, 0.2) is 48.8 Å². The fourth-order valence-corrected chi connectivity index (χ4v) is 9.11. The molecule has 2 aromatic heterocycles. The second-order valence-corrected chi connectivity index (χ2v) is 19.4. The number of anilines is 4. The van der Waals surface area contributed by atoms with Crippen LogP contribution in [-0.4, -0.2) is 176 Å². The zero-order valence-electron chi connectivity index (χ0n) is 43.0. The number of rotatable bonds is 14. The average molecular weight is 1080 g/mol. The standard InChI is InChI=1S/C25H33F3N6O3.C19H21ClF3N5O2.C6H13NO/c1-33-11-8-17(9-12-33)30-22(35)16-6-7-20(21(13-16)36-3)31-24-29-14-19(25(26,27)28)23(32-24)37-15-18-5-4-10-34(18)2;1-28-7-5-12(6-8-28)25-17(29)11-3-4-14(15(9-11)30-2)26-18-24-10-13(16(20)27-18)19(21,22)23;1-7-4-2-3-6(7)5-8/h6-7,13-14,17-18H,4-5,8-12,15H2,1-3H3,(H,30,35)(H,29,31,32);3-4,9-10,12H,5-8H2,1-2H3,(H,25,29)(H,24,26,27);6,8H,2-5H2,1H3/t18-;;6-/m0.0/s1. The van der Waals surface area contributed by atoms with E-state index in [9.17, 15) is 35.9 Å². The Morgan fingerprint density at radius 3 is 1.48 bits per heavy atom.